The fraction of sp³-hybridized carbons (Fsp3) is 0.625. The van der Waals surface area contributed by atoms with Gasteiger partial charge in [-0.1, -0.05) is 24.3 Å². The molecule has 0 amide bonds. The second-order valence-electron chi connectivity index (χ2n) is 6.08. The van der Waals surface area contributed by atoms with Crippen LogP contribution < -0.4 is 5.73 Å². The Labute approximate surface area is 110 Å². The number of nitrogens with two attached hydrogens (primary N) is 1. The van der Waals surface area contributed by atoms with E-state index < -0.39 is 0 Å². The van der Waals surface area contributed by atoms with Gasteiger partial charge in [0.25, 0.3) is 0 Å². The maximum absolute atomic E-state index is 5.74. The summed E-state index contributed by atoms with van der Waals surface area (Å²) < 4.78 is 0. The molecule has 98 valence electrons. The average molecular weight is 244 g/mol. The highest BCUT2D eigenvalue weighted by Crippen LogP contribution is 2.49. The van der Waals surface area contributed by atoms with Crippen molar-refractivity contribution in [2.45, 2.75) is 32.1 Å². The van der Waals surface area contributed by atoms with Crippen molar-refractivity contribution in [2.75, 3.05) is 26.2 Å². The van der Waals surface area contributed by atoms with Crippen LogP contribution in [-0.2, 0) is 12.8 Å². The number of hydrogen-bond donors (Lipinski definition) is 1. The quantitative estimate of drug-likeness (QED) is 0.880. The molecule has 0 atom stereocenters. The summed E-state index contributed by atoms with van der Waals surface area (Å²) in [5.74, 6) is 0. The molecule has 18 heavy (non-hydrogen) atoms. The Kier molecular flexibility index (Phi) is 3.40. The summed E-state index contributed by atoms with van der Waals surface area (Å²) in [4.78, 5) is 2.67. The van der Waals surface area contributed by atoms with Gasteiger partial charge in [-0.15, -0.1) is 0 Å². The molecule has 3 rings (SSSR count). The highest BCUT2D eigenvalue weighted by molar-refractivity contribution is 5.28. The van der Waals surface area contributed by atoms with Crippen molar-refractivity contribution < 1.29 is 0 Å². The summed E-state index contributed by atoms with van der Waals surface area (Å²) in [5.41, 5.74) is 9.45. The molecule has 1 aromatic carbocycles. The van der Waals surface area contributed by atoms with Gasteiger partial charge in [-0.3, -0.25) is 0 Å². The fourth-order valence-corrected chi connectivity index (χ4v) is 3.32. The van der Waals surface area contributed by atoms with Crippen LogP contribution in [0.15, 0.2) is 24.3 Å². The molecular formula is C16H24N2. The molecule has 1 fully saturated rings. The minimum absolute atomic E-state index is 0.589. The van der Waals surface area contributed by atoms with Crippen LogP contribution in [0.1, 0.15) is 30.4 Å². The van der Waals surface area contributed by atoms with Gasteiger partial charge in [0.15, 0.2) is 0 Å². The fourth-order valence-electron chi connectivity index (χ4n) is 3.32. The van der Waals surface area contributed by atoms with Crippen molar-refractivity contribution in [3.63, 3.8) is 0 Å². The predicted octanol–water partition coefficient (Wildman–Crippen LogP) is 2.22. The topological polar surface area (TPSA) is 29.3 Å². The van der Waals surface area contributed by atoms with Crippen molar-refractivity contribution in [3.8, 4) is 0 Å². The maximum atomic E-state index is 5.74. The third kappa shape index (κ3) is 2.60. The molecule has 0 spiro atoms. The van der Waals surface area contributed by atoms with E-state index in [1.807, 2.05) is 0 Å². The van der Waals surface area contributed by atoms with Gasteiger partial charge in [0.1, 0.15) is 0 Å². The Morgan fingerprint density at radius 1 is 1.06 bits per heavy atom. The molecule has 1 aliphatic carbocycles. The molecule has 0 aromatic heterocycles. The van der Waals surface area contributed by atoms with Crippen LogP contribution in [0.25, 0.3) is 0 Å². The molecule has 2 N–H and O–H groups in total. The molecule has 1 saturated carbocycles. The zero-order valence-electron chi connectivity index (χ0n) is 11.2. The van der Waals surface area contributed by atoms with E-state index in [9.17, 15) is 0 Å². The van der Waals surface area contributed by atoms with E-state index in [1.165, 1.54) is 51.7 Å². The van der Waals surface area contributed by atoms with E-state index >= 15 is 0 Å². The molecule has 0 unspecified atom stereocenters. The summed E-state index contributed by atoms with van der Waals surface area (Å²) in [6, 6.07) is 8.94. The minimum atomic E-state index is 0.589. The first-order valence-electron chi connectivity index (χ1n) is 7.31. The number of fused-ring (bicyclic) bond motifs is 1. The number of hydrogen-bond acceptors (Lipinski definition) is 2. The van der Waals surface area contributed by atoms with Gasteiger partial charge >= 0.3 is 0 Å². The lowest BCUT2D eigenvalue weighted by Gasteiger charge is -2.25. The zero-order chi connectivity index (χ0) is 12.4. The van der Waals surface area contributed by atoms with Crippen LogP contribution in [0.3, 0.4) is 0 Å². The van der Waals surface area contributed by atoms with Gasteiger partial charge in [-0.25, -0.2) is 0 Å². The monoisotopic (exact) mass is 244 g/mol. The smallest absolute Gasteiger partial charge is 0.00387 e. The summed E-state index contributed by atoms with van der Waals surface area (Å²) >= 11 is 0. The Bertz CT molecular complexity index is 382. The molecule has 1 aliphatic heterocycles. The van der Waals surface area contributed by atoms with E-state index in [2.05, 4.69) is 29.2 Å². The van der Waals surface area contributed by atoms with E-state index in [1.54, 1.807) is 11.1 Å². The van der Waals surface area contributed by atoms with Gasteiger partial charge in [-0.05, 0) is 55.2 Å². The van der Waals surface area contributed by atoms with Crippen LogP contribution in [0, 0.1) is 5.41 Å². The van der Waals surface area contributed by atoms with Gasteiger partial charge in [-0.2, -0.15) is 0 Å². The Morgan fingerprint density at radius 3 is 2.17 bits per heavy atom. The third-order valence-electron chi connectivity index (χ3n) is 4.70. The second-order valence-corrected chi connectivity index (χ2v) is 6.08. The van der Waals surface area contributed by atoms with Gasteiger partial charge in [0.05, 0.1) is 0 Å². The Morgan fingerprint density at radius 2 is 1.67 bits per heavy atom. The summed E-state index contributed by atoms with van der Waals surface area (Å²) in [7, 11) is 0. The van der Waals surface area contributed by atoms with Crippen molar-refractivity contribution in [1.82, 2.24) is 4.90 Å². The highest BCUT2D eigenvalue weighted by atomic mass is 15.1. The summed E-state index contributed by atoms with van der Waals surface area (Å²) in [5, 5.41) is 0. The van der Waals surface area contributed by atoms with Crippen molar-refractivity contribution in [2.24, 2.45) is 11.1 Å². The van der Waals surface area contributed by atoms with E-state index in [0.717, 1.165) is 6.54 Å². The molecular weight excluding hydrogens is 220 g/mol. The molecule has 2 aliphatic rings. The standard InChI is InChI=1S/C16H24N2/c17-10-9-16(7-8-16)13-18-11-5-14-3-1-2-4-15(14)6-12-18/h1-4H,5-13,17H2. The predicted molar refractivity (Wildman–Crippen MR) is 75.6 cm³/mol. The van der Waals surface area contributed by atoms with E-state index in [4.69, 9.17) is 5.73 Å². The van der Waals surface area contributed by atoms with E-state index in [0.29, 0.717) is 5.41 Å². The van der Waals surface area contributed by atoms with Crippen LogP contribution >= 0.6 is 0 Å². The number of rotatable bonds is 4. The Balaban J connectivity index is 1.61. The van der Waals surface area contributed by atoms with Crippen LogP contribution in [0.5, 0.6) is 0 Å². The lowest BCUT2D eigenvalue weighted by Crippen LogP contribution is -2.33. The molecule has 0 saturated heterocycles. The third-order valence-corrected chi connectivity index (χ3v) is 4.70. The molecule has 1 heterocycles. The first kappa shape index (κ1) is 12.2. The molecule has 2 heteroatoms. The van der Waals surface area contributed by atoms with Gasteiger partial charge in [0.2, 0.25) is 0 Å². The van der Waals surface area contributed by atoms with Gasteiger partial charge in [0, 0.05) is 19.6 Å². The van der Waals surface area contributed by atoms with Crippen molar-refractivity contribution in [1.29, 1.82) is 0 Å². The van der Waals surface area contributed by atoms with E-state index in [-0.39, 0.29) is 0 Å². The highest BCUT2D eigenvalue weighted by Gasteiger charge is 2.42. The first-order chi connectivity index (χ1) is 8.81. The van der Waals surface area contributed by atoms with Crippen molar-refractivity contribution in [3.05, 3.63) is 35.4 Å². The maximum Gasteiger partial charge on any atom is 0.00387 e. The lowest BCUT2D eigenvalue weighted by molar-refractivity contribution is 0.222. The summed E-state index contributed by atoms with van der Waals surface area (Å²) in [6.45, 7) is 4.58. The lowest BCUT2D eigenvalue weighted by atomic mass is 10.0. The molecule has 0 radical (unpaired) electrons. The second kappa shape index (κ2) is 5.02. The van der Waals surface area contributed by atoms with Crippen LogP contribution in [0.2, 0.25) is 0 Å². The summed E-state index contributed by atoms with van der Waals surface area (Å²) in [6.07, 6.45) is 6.45. The molecule has 0 bridgehead atoms. The number of nitrogens with zero attached hydrogens (tertiary/aromatic N) is 1. The van der Waals surface area contributed by atoms with Crippen LogP contribution in [-0.4, -0.2) is 31.1 Å². The van der Waals surface area contributed by atoms with Gasteiger partial charge < -0.3 is 10.6 Å². The zero-order valence-corrected chi connectivity index (χ0v) is 11.2. The SMILES string of the molecule is NCCC1(CN2CCc3ccccc3CC2)CC1. The molecule has 2 nitrogen and oxygen atoms in total. The first-order valence-corrected chi connectivity index (χ1v) is 7.31. The normalized spacial score (nSPS) is 22.3. The van der Waals surface area contributed by atoms with Crippen molar-refractivity contribution >= 4 is 0 Å². The average Bonchev–Trinajstić information content (AvgIpc) is 3.16. The minimum Gasteiger partial charge on any atom is -0.330 e. The Hall–Kier alpha value is -0.860. The van der Waals surface area contributed by atoms with Crippen LogP contribution in [0.4, 0.5) is 0 Å². The molecule has 1 aromatic rings. The largest absolute Gasteiger partial charge is 0.330 e. The number of benzene rings is 1.